The minimum atomic E-state index is 0. The molecule has 0 atom stereocenters. The summed E-state index contributed by atoms with van der Waals surface area (Å²) in [6.07, 6.45) is 1.90. The van der Waals surface area contributed by atoms with E-state index < -0.39 is 0 Å². The Morgan fingerprint density at radius 1 is 0.588 bits per heavy atom. The Balaban J connectivity index is 0.00000348. The van der Waals surface area contributed by atoms with Gasteiger partial charge in [-0.25, -0.2) is 9.67 Å². The van der Waals surface area contributed by atoms with E-state index in [2.05, 4.69) is 124 Å². The fraction of sp³-hybridized carbons (Fsp3) is 0.0465. The van der Waals surface area contributed by atoms with E-state index in [4.69, 9.17) is 9.72 Å². The maximum atomic E-state index is 6.42. The molecule has 6 aromatic carbocycles. The molecule has 0 aliphatic rings. The Hall–Kier alpha value is -6.04. The summed E-state index contributed by atoms with van der Waals surface area (Å²) in [6, 6.07) is 50.4. The van der Waals surface area contributed by atoms with E-state index in [9.17, 15) is 0 Å². The average Bonchev–Trinajstić information content (AvgIpc) is 3.83. The molecule has 0 amide bonds. The van der Waals surface area contributed by atoms with Gasteiger partial charge in [0.1, 0.15) is 11.3 Å². The molecular weight excluding hydrogens is 812 g/mol. The van der Waals surface area contributed by atoms with Crippen LogP contribution in [-0.2, 0) is 21.1 Å². The Morgan fingerprint density at radius 3 is 2.08 bits per heavy atom. The molecule has 0 saturated heterocycles. The van der Waals surface area contributed by atoms with Crippen molar-refractivity contribution in [1.82, 2.24) is 29.1 Å². The Kier molecular flexibility index (Phi) is 7.34. The van der Waals surface area contributed by atoms with Crippen LogP contribution < -0.4 is 4.74 Å². The fourth-order valence-electron chi connectivity index (χ4n) is 7.34. The van der Waals surface area contributed by atoms with E-state index in [0.29, 0.717) is 11.5 Å². The number of nitrogens with zero attached hydrogens (tertiary/aromatic N) is 6. The van der Waals surface area contributed by atoms with Crippen LogP contribution in [0.5, 0.6) is 11.5 Å². The van der Waals surface area contributed by atoms with Crippen molar-refractivity contribution >= 4 is 54.6 Å². The van der Waals surface area contributed by atoms with Crippen LogP contribution in [0.1, 0.15) is 11.1 Å². The SMILES string of the molecule is Cc1cccc2c3cccc(C)c3n(-c3ccnc(-n4c5[c-]c(Oc6[c-]c(-n7nnc8ccccc87)ccc6)ccc5c5ccccc54)c3)c12.[Pt+2]. The summed E-state index contributed by atoms with van der Waals surface area (Å²) in [4.78, 5) is 4.94. The van der Waals surface area contributed by atoms with Gasteiger partial charge in [0.25, 0.3) is 0 Å². The molecule has 10 rings (SSSR count). The summed E-state index contributed by atoms with van der Waals surface area (Å²) < 4.78 is 12.7. The number of aryl methyl sites for hydroxylation is 2. The molecule has 4 aromatic heterocycles. The second kappa shape index (κ2) is 12.1. The maximum absolute atomic E-state index is 6.42. The van der Waals surface area contributed by atoms with Crippen molar-refractivity contribution < 1.29 is 25.8 Å². The number of pyridine rings is 1. The number of aromatic nitrogens is 6. The van der Waals surface area contributed by atoms with Crippen LogP contribution in [0.15, 0.2) is 134 Å². The van der Waals surface area contributed by atoms with Crippen LogP contribution in [0, 0.1) is 26.0 Å². The maximum Gasteiger partial charge on any atom is 2.00 e. The van der Waals surface area contributed by atoms with Crippen LogP contribution in [-0.4, -0.2) is 29.1 Å². The molecule has 0 saturated carbocycles. The normalized spacial score (nSPS) is 11.6. The van der Waals surface area contributed by atoms with Gasteiger partial charge < -0.3 is 13.9 Å². The molecule has 7 nitrogen and oxygen atoms in total. The van der Waals surface area contributed by atoms with Crippen LogP contribution >= 0.6 is 0 Å². The number of hydrogen-bond acceptors (Lipinski definition) is 4. The molecule has 10 aromatic rings. The van der Waals surface area contributed by atoms with Crippen LogP contribution in [0.3, 0.4) is 0 Å². The summed E-state index contributed by atoms with van der Waals surface area (Å²) in [5.74, 6) is 1.92. The molecule has 8 heteroatoms. The second-order valence-corrected chi connectivity index (χ2v) is 12.6. The standard InChI is InChI=1S/C43H28N6O.Pt/c1-27-10-7-15-35-36-16-8-11-28(2)43(36)47(42(27)35)29-22-23-44-41(25-29)48-38-18-5-3-14-33(38)34-21-20-32(26-40(34)48)50-31-13-9-12-30(24-31)49-39-19-6-4-17-37(39)45-46-49;/h3-23,25H,1-2H3;/q-2;+2. The number of rotatable bonds is 5. The summed E-state index contributed by atoms with van der Waals surface area (Å²) in [6.45, 7) is 4.36. The predicted octanol–water partition coefficient (Wildman–Crippen LogP) is 10.0. The van der Waals surface area contributed by atoms with Gasteiger partial charge in [0, 0.05) is 40.1 Å². The average molecular weight is 840 g/mol. The summed E-state index contributed by atoms with van der Waals surface area (Å²) >= 11 is 0. The van der Waals surface area contributed by atoms with Crippen molar-refractivity contribution in [2.24, 2.45) is 0 Å². The zero-order valence-electron chi connectivity index (χ0n) is 27.6. The smallest absolute Gasteiger partial charge is 0.509 e. The summed E-state index contributed by atoms with van der Waals surface area (Å²) in [5.41, 5.74) is 10.3. The Morgan fingerprint density at radius 2 is 1.27 bits per heavy atom. The van der Waals surface area contributed by atoms with Gasteiger partial charge in [-0.1, -0.05) is 77.5 Å². The fourth-order valence-corrected chi connectivity index (χ4v) is 7.34. The predicted molar refractivity (Wildman–Crippen MR) is 199 cm³/mol. The molecule has 51 heavy (non-hydrogen) atoms. The molecule has 4 heterocycles. The third-order valence-electron chi connectivity index (χ3n) is 9.54. The first-order valence-corrected chi connectivity index (χ1v) is 16.5. The third-order valence-corrected chi connectivity index (χ3v) is 9.54. The molecule has 0 radical (unpaired) electrons. The van der Waals surface area contributed by atoms with Crippen molar-refractivity contribution in [2.75, 3.05) is 0 Å². The van der Waals surface area contributed by atoms with Crippen molar-refractivity contribution in [3.63, 3.8) is 0 Å². The van der Waals surface area contributed by atoms with E-state index >= 15 is 0 Å². The van der Waals surface area contributed by atoms with Crippen LogP contribution in [0.25, 0.3) is 71.8 Å². The molecule has 0 unspecified atom stereocenters. The zero-order chi connectivity index (χ0) is 33.3. The van der Waals surface area contributed by atoms with E-state index in [1.807, 2.05) is 54.7 Å². The third kappa shape index (κ3) is 4.88. The van der Waals surface area contributed by atoms with Gasteiger partial charge in [-0.15, -0.1) is 40.8 Å². The molecule has 0 bridgehead atoms. The minimum absolute atomic E-state index is 0. The Bertz CT molecular complexity index is 2900. The van der Waals surface area contributed by atoms with Crippen molar-refractivity contribution in [2.45, 2.75) is 13.8 Å². The molecule has 0 aliphatic heterocycles. The van der Waals surface area contributed by atoms with Gasteiger partial charge in [-0.3, -0.25) is 0 Å². The minimum Gasteiger partial charge on any atom is -0.509 e. The first kappa shape index (κ1) is 31.0. The van der Waals surface area contributed by atoms with Crippen molar-refractivity contribution in [3.05, 3.63) is 157 Å². The van der Waals surface area contributed by atoms with Crippen LogP contribution in [0.2, 0.25) is 0 Å². The molecule has 246 valence electrons. The van der Waals surface area contributed by atoms with E-state index in [1.165, 1.54) is 32.9 Å². The van der Waals surface area contributed by atoms with E-state index in [-0.39, 0.29) is 21.1 Å². The van der Waals surface area contributed by atoms with Gasteiger partial charge in [0.2, 0.25) is 0 Å². The largest absolute Gasteiger partial charge is 2.00 e. The summed E-state index contributed by atoms with van der Waals surface area (Å²) in [7, 11) is 0. The molecular formula is C43H28N6OPt. The molecule has 0 aliphatic carbocycles. The first-order chi connectivity index (χ1) is 24.6. The van der Waals surface area contributed by atoms with Gasteiger partial charge in [0.15, 0.2) is 0 Å². The van der Waals surface area contributed by atoms with Gasteiger partial charge >= 0.3 is 21.1 Å². The molecule has 0 spiro atoms. The number of fused-ring (bicyclic) bond motifs is 7. The van der Waals surface area contributed by atoms with E-state index in [0.717, 1.165) is 50.0 Å². The number of para-hydroxylation sites is 4. The van der Waals surface area contributed by atoms with Crippen LogP contribution in [0.4, 0.5) is 0 Å². The Labute approximate surface area is 307 Å². The van der Waals surface area contributed by atoms with Crippen molar-refractivity contribution in [1.29, 1.82) is 0 Å². The molecule has 0 fully saturated rings. The number of ether oxygens (including phenoxy) is 1. The topological polar surface area (TPSA) is 62.7 Å². The summed E-state index contributed by atoms with van der Waals surface area (Å²) in [5, 5.41) is 13.3. The first-order valence-electron chi connectivity index (χ1n) is 16.5. The van der Waals surface area contributed by atoms with Gasteiger partial charge in [0.05, 0.1) is 22.2 Å². The zero-order valence-corrected chi connectivity index (χ0v) is 29.9. The quantitative estimate of drug-likeness (QED) is 0.162. The monoisotopic (exact) mass is 839 g/mol. The van der Waals surface area contributed by atoms with E-state index in [1.54, 1.807) is 4.68 Å². The van der Waals surface area contributed by atoms with Crippen molar-refractivity contribution in [3.8, 4) is 28.7 Å². The number of hydrogen-bond donors (Lipinski definition) is 0. The second-order valence-electron chi connectivity index (χ2n) is 12.6. The number of benzene rings is 6. The van der Waals surface area contributed by atoms with Gasteiger partial charge in [-0.2, -0.15) is 12.1 Å². The van der Waals surface area contributed by atoms with Gasteiger partial charge in [-0.05, 0) is 60.3 Å². The molecule has 0 N–H and O–H groups in total.